The monoisotopic (exact) mass is 402 g/mol. The van der Waals surface area contributed by atoms with Gasteiger partial charge >= 0.3 is 5.97 Å². The molecule has 7 heteroatoms. The van der Waals surface area contributed by atoms with E-state index in [0.717, 1.165) is 23.4 Å². The Morgan fingerprint density at radius 1 is 1.25 bits per heavy atom. The number of esters is 1. The predicted molar refractivity (Wildman–Crippen MR) is 108 cm³/mol. The Hall–Kier alpha value is -2.25. The molecule has 1 N–H and O–H groups in total. The van der Waals surface area contributed by atoms with E-state index in [9.17, 15) is 14.7 Å². The quantitative estimate of drug-likeness (QED) is 0.791. The lowest BCUT2D eigenvalue weighted by molar-refractivity contribution is 0.0561. The van der Waals surface area contributed by atoms with Crippen molar-refractivity contribution < 1.29 is 19.4 Å². The van der Waals surface area contributed by atoms with Gasteiger partial charge in [-0.05, 0) is 63.3 Å². The summed E-state index contributed by atoms with van der Waals surface area (Å²) in [7, 11) is 1.31. The zero-order chi connectivity index (χ0) is 20.5. The third kappa shape index (κ3) is 4.10. The number of piperidine rings is 1. The van der Waals surface area contributed by atoms with Crippen molar-refractivity contribution in [1.82, 2.24) is 9.27 Å². The number of benzene rings is 1. The Morgan fingerprint density at radius 3 is 2.54 bits per heavy atom. The molecule has 2 aromatic rings. The number of rotatable bonds is 4. The topological polar surface area (TPSA) is 79.7 Å². The number of aliphatic hydroxyl groups is 1. The average Bonchev–Trinajstić information content (AvgIpc) is 3.18. The highest BCUT2D eigenvalue weighted by Crippen LogP contribution is 2.34. The molecular weight excluding hydrogens is 376 g/mol. The smallest absolute Gasteiger partial charge is 0.338 e. The third-order valence-corrected chi connectivity index (χ3v) is 6.37. The van der Waals surface area contributed by atoms with E-state index in [1.54, 1.807) is 38.1 Å². The van der Waals surface area contributed by atoms with Crippen LogP contribution in [-0.4, -0.2) is 46.0 Å². The molecule has 2 atom stereocenters. The predicted octanol–water partition coefficient (Wildman–Crippen LogP) is 3.57. The lowest BCUT2D eigenvalue weighted by Gasteiger charge is -2.37. The number of ether oxygens (including phenoxy) is 1. The van der Waals surface area contributed by atoms with E-state index in [0.29, 0.717) is 12.1 Å². The van der Waals surface area contributed by atoms with E-state index in [1.165, 1.54) is 18.6 Å². The molecule has 1 aromatic heterocycles. The molecule has 2 heterocycles. The number of carbonyl (C=O) groups excluding carboxylic acids is 2. The van der Waals surface area contributed by atoms with Crippen molar-refractivity contribution in [3.05, 3.63) is 52.0 Å². The van der Waals surface area contributed by atoms with Gasteiger partial charge in [-0.3, -0.25) is 4.79 Å². The van der Waals surface area contributed by atoms with E-state index in [-0.39, 0.29) is 23.4 Å². The first-order chi connectivity index (χ1) is 13.2. The first-order valence-corrected chi connectivity index (χ1v) is 10.2. The van der Waals surface area contributed by atoms with E-state index in [1.807, 2.05) is 17.9 Å². The van der Waals surface area contributed by atoms with Crippen LogP contribution in [0.15, 0.2) is 30.3 Å². The summed E-state index contributed by atoms with van der Waals surface area (Å²) in [5.41, 5.74) is 0.625. The first kappa shape index (κ1) is 20.5. The molecule has 0 spiro atoms. The molecule has 0 aliphatic carbocycles. The number of methoxy groups -OCH3 is 1. The Kier molecular flexibility index (Phi) is 5.86. The minimum atomic E-state index is -0.924. The normalized spacial score (nSPS) is 20.1. The van der Waals surface area contributed by atoms with E-state index in [2.05, 4.69) is 4.37 Å². The molecule has 1 aliphatic rings. The Balaban J connectivity index is 1.85. The summed E-state index contributed by atoms with van der Waals surface area (Å²) in [5.74, 6) is -0.576. The van der Waals surface area contributed by atoms with Gasteiger partial charge in [0.2, 0.25) is 0 Å². The van der Waals surface area contributed by atoms with Gasteiger partial charge < -0.3 is 14.7 Å². The Morgan fingerprint density at radius 2 is 1.93 bits per heavy atom. The molecule has 28 heavy (non-hydrogen) atoms. The number of likely N-dealkylation sites (tertiary alicyclic amines) is 1. The van der Waals surface area contributed by atoms with Crippen molar-refractivity contribution in [3.63, 3.8) is 0 Å². The van der Waals surface area contributed by atoms with Crippen LogP contribution >= 0.6 is 11.5 Å². The van der Waals surface area contributed by atoms with Crippen molar-refractivity contribution in [2.24, 2.45) is 0 Å². The van der Waals surface area contributed by atoms with Gasteiger partial charge in [-0.15, -0.1) is 0 Å². The maximum absolute atomic E-state index is 13.3. The maximum Gasteiger partial charge on any atom is 0.338 e. The summed E-state index contributed by atoms with van der Waals surface area (Å²) in [6.07, 6.45) is 1.78. The van der Waals surface area contributed by atoms with Gasteiger partial charge in [-0.1, -0.05) is 12.1 Å². The highest BCUT2D eigenvalue weighted by atomic mass is 32.1. The van der Waals surface area contributed by atoms with Crippen molar-refractivity contribution in [2.75, 3.05) is 13.7 Å². The Labute approximate surface area is 169 Å². The molecular formula is C21H26N2O4S. The summed E-state index contributed by atoms with van der Waals surface area (Å²) >= 11 is 1.30. The fourth-order valence-electron chi connectivity index (χ4n) is 3.51. The minimum Gasteiger partial charge on any atom is -0.465 e. The summed E-state index contributed by atoms with van der Waals surface area (Å²) in [6, 6.07) is 8.76. The van der Waals surface area contributed by atoms with Crippen LogP contribution in [0.1, 0.15) is 70.8 Å². The first-order valence-electron chi connectivity index (χ1n) is 9.40. The van der Waals surface area contributed by atoms with Gasteiger partial charge in [0.25, 0.3) is 5.91 Å². The lowest BCUT2D eigenvalue weighted by Crippen LogP contribution is -2.45. The highest BCUT2D eigenvalue weighted by Gasteiger charge is 2.33. The third-order valence-electron chi connectivity index (χ3n) is 5.26. The van der Waals surface area contributed by atoms with Crippen LogP contribution in [0.25, 0.3) is 0 Å². The molecule has 1 saturated heterocycles. The molecule has 1 aromatic carbocycles. The number of amides is 1. The lowest BCUT2D eigenvalue weighted by atomic mass is 9.89. The molecule has 1 amide bonds. The van der Waals surface area contributed by atoms with Gasteiger partial charge in [0.05, 0.1) is 34.4 Å². The molecule has 150 valence electrons. The van der Waals surface area contributed by atoms with Crippen LogP contribution in [0.2, 0.25) is 0 Å². The highest BCUT2D eigenvalue weighted by molar-refractivity contribution is 7.06. The van der Waals surface area contributed by atoms with Crippen LogP contribution in [0, 0.1) is 0 Å². The molecule has 0 bridgehead atoms. The zero-order valence-electron chi connectivity index (χ0n) is 16.6. The maximum atomic E-state index is 13.3. The summed E-state index contributed by atoms with van der Waals surface area (Å²) < 4.78 is 9.35. The van der Waals surface area contributed by atoms with Gasteiger partial charge in [0.1, 0.15) is 0 Å². The van der Waals surface area contributed by atoms with Crippen molar-refractivity contribution in [2.45, 2.75) is 51.2 Å². The van der Waals surface area contributed by atoms with E-state index in [4.69, 9.17) is 4.74 Å². The van der Waals surface area contributed by atoms with Crippen LogP contribution in [0.5, 0.6) is 0 Å². The average molecular weight is 403 g/mol. The van der Waals surface area contributed by atoms with Crippen molar-refractivity contribution in [1.29, 1.82) is 0 Å². The standard InChI is InChI=1S/C21H26N2O4S/c1-13-9-10-14(17-11-18(28-22-17)21(2,3)26)12-23(13)19(24)15-7-5-6-8-16(15)20(25)27-4/h5-8,11,13-14,26H,9-10,12H2,1-4H3/t13-,14-/m1/s1. The van der Waals surface area contributed by atoms with Crippen LogP contribution < -0.4 is 0 Å². The molecule has 1 aliphatic heterocycles. The summed E-state index contributed by atoms with van der Waals surface area (Å²) in [4.78, 5) is 27.9. The fourth-order valence-corrected chi connectivity index (χ4v) is 4.32. The Bertz CT molecular complexity index is 871. The van der Waals surface area contributed by atoms with Crippen LogP contribution in [-0.2, 0) is 10.3 Å². The molecule has 0 radical (unpaired) electrons. The molecule has 6 nitrogen and oxygen atoms in total. The molecule has 3 rings (SSSR count). The van der Waals surface area contributed by atoms with Crippen LogP contribution in [0.3, 0.4) is 0 Å². The summed E-state index contributed by atoms with van der Waals surface area (Å²) in [5, 5.41) is 10.2. The zero-order valence-corrected chi connectivity index (χ0v) is 17.5. The number of nitrogens with zero attached hydrogens (tertiary/aromatic N) is 2. The number of aromatic nitrogens is 1. The molecule has 1 fully saturated rings. The van der Waals surface area contributed by atoms with Crippen LogP contribution in [0.4, 0.5) is 0 Å². The van der Waals surface area contributed by atoms with Gasteiger partial charge in [-0.2, -0.15) is 4.37 Å². The summed E-state index contributed by atoms with van der Waals surface area (Å²) in [6.45, 7) is 6.04. The van der Waals surface area contributed by atoms with Gasteiger partial charge in [0, 0.05) is 18.5 Å². The second-order valence-electron chi connectivity index (χ2n) is 7.79. The SMILES string of the molecule is COC(=O)c1ccccc1C(=O)N1C[C@H](c2cc(C(C)(C)O)sn2)CC[C@H]1C. The fraction of sp³-hybridized carbons (Fsp3) is 0.476. The second-order valence-corrected chi connectivity index (χ2v) is 8.60. The number of hydrogen-bond acceptors (Lipinski definition) is 6. The molecule has 0 saturated carbocycles. The number of hydrogen-bond donors (Lipinski definition) is 1. The van der Waals surface area contributed by atoms with Gasteiger partial charge in [-0.25, -0.2) is 4.79 Å². The number of carbonyl (C=O) groups is 2. The van der Waals surface area contributed by atoms with E-state index < -0.39 is 11.6 Å². The second kappa shape index (κ2) is 8.01. The largest absolute Gasteiger partial charge is 0.465 e. The van der Waals surface area contributed by atoms with Crippen molar-refractivity contribution >= 4 is 23.4 Å². The minimum absolute atomic E-state index is 0.0711. The molecule has 0 unspecified atom stereocenters. The van der Waals surface area contributed by atoms with Crippen molar-refractivity contribution in [3.8, 4) is 0 Å². The van der Waals surface area contributed by atoms with Gasteiger partial charge in [0.15, 0.2) is 0 Å². The van der Waals surface area contributed by atoms with E-state index >= 15 is 0 Å².